The van der Waals surface area contributed by atoms with Crippen LogP contribution in [0.15, 0.2) is 17.5 Å². The zero-order chi connectivity index (χ0) is 14.1. The summed E-state index contributed by atoms with van der Waals surface area (Å²) in [4.78, 5) is 23.9. The molecule has 0 aliphatic carbocycles. The number of rotatable bonds is 8. The standard InChI is InChI=1S/C14H21NO3S/c1-3-11(4-2)14(17)18-9-6-8-15-13(16)12-7-5-10-19-12/h5,7,10-11H,3-4,6,8-9H2,1-2H3,(H,15,16). The van der Waals surface area contributed by atoms with Crippen LogP contribution in [-0.4, -0.2) is 25.0 Å². The molecule has 0 saturated carbocycles. The third-order valence-electron chi connectivity index (χ3n) is 2.91. The largest absolute Gasteiger partial charge is 0.465 e. The molecule has 1 heterocycles. The van der Waals surface area contributed by atoms with Crippen LogP contribution < -0.4 is 5.32 Å². The van der Waals surface area contributed by atoms with E-state index in [1.807, 2.05) is 25.3 Å². The lowest BCUT2D eigenvalue weighted by Gasteiger charge is -2.11. The Balaban J connectivity index is 2.11. The molecule has 4 nitrogen and oxygen atoms in total. The molecule has 0 saturated heterocycles. The van der Waals surface area contributed by atoms with Crippen LogP contribution in [0.2, 0.25) is 0 Å². The summed E-state index contributed by atoms with van der Waals surface area (Å²) in [6.45, 7) is 4.85. The molecule has 1 aromatic heterocycles. The smallest absolute Gasteiger partial charge is 0.308 e. The van der Waals surface area contributed by atoms with Gasteiger partial charge in [0.05, 0.1) is 17.4 Å². The maximum atomic E-state index is 11.6. The van der Waals surface area contributed by atoms with Gasteiger partial charge in [-0.15, -0.1) is 11.3 Å². The number of amides is 1. The Morgan fingerprint density at radius 2 is 2.11 bits per heavy atom. The summed E-state index contributed by atoms with van der Waals surface area (Å²) in [6.07, 6.45) is 2.26. The summed E-state index contributed by atoms with van der Waals surface area (Å²) < 4.78 is 5.17. The average molecular weight is 283 g/mol. The highest BCUT2D eigenvalue weighted by Gasteiger charge is 2.15. The summed E-state index contributed by atoms with van der Waals surface area (Å²) in [5.41, 5.74) is 0. The average Bonchev–Trinajstić information content (AvgIpc) is 2.93. The molecule has 0 aliphatic heterocycles. The number of esters is 1. The predicted octanol–water partition coefficient (Wildman–Crippen LogP) is 2.85. The fraction of sp³-hybridized carbons (Fsp3) is 0.571. The van der Waals surface area contributed by atoms with Crippen molar-refractivity contribution in [3.05, 3.63) is 22.4 Å². The summed E-state index contributed by atoms with van der Waals surface area (Å²) in [5.74, 6) is -0.198. The van der Waals surface area contributed by atoms with Crippen molar-refractivity contribution in [1.82, 2.24) is 5.32 Å². The summed E-state index contributed by atoms with van der Waals surface area (Å²) in [5, 5.41) is 4.66. The molecule has 0 bridgehead atoms. The van der Waals surface area contributed by atoms with Gasteiger partial charge in [0.15, 0.2) is 0 Å². The Morgan fingerprint density at radius 3 is 2.68 bits per heavy atom. The fourth-order valence-corrected chi connectivity index (χ4v) is 2.32. The SMILES string of the molecule is CCC(CC)C(=O)OCCCNC(=O)c1cccs1. The minimum absolute atomic E-state index is 0.000657. The number of hydrogen-bond acceptors (Lipinski definition) is 4. The van der Waals surface area contributed by atoms with Crippen molar-refractivity contribution in [1.29, 1.82) is 0 Å². The Bertz CT molecular complexity index is 385. The molecule has 0 atom stereocenters. The molecule has 19 heavy (non-hydrogen) atoms. The number of carbonyl (C=O) groups is 2. The second kappa shape index (κ2) is 8.69. The van der Waals surface area contributed by atoms with Crippen molar-refractivity contribution in [2.75, 3.05) is 13.2 Å². The van der Waals surface area contributed by atoms with E-state index in [0.29, 0.717) is 24.4 Å². The van der Waals surface area contributed by atoms with Crippen LogP contribution in [0.3, 0.4) is 0 Å². The van der Waals surface area contributed by atoms with Gasteiger partial charge in [-0.2, -0.15) is 0 Å². The van der Waals surface area contributed by atoms with E-state index in [1.54, 1.807) is 6.07 Å². The topological polar surface area (TPSA) is 55.4 Å². The molecule has 5 heteroatoms. The molecule has 0 unspecified atom stereocenters. The highest BCUT2D eigenvalue weighted by Crippen LogP contribution is 2.10. The summed E-state index contributed by atoms with van der Waals surface area (Å²) in [7, 11) is 0. The molecule has 0 radical (unpaired) electrons. The quantitative estimate of drug-likeness (QED) is 0.589. The Kier molecular flexibility index (Phi) is 7.18. The first-order valence-corrected chi connectivity index (χ1v) is 7.55. The lowest BCUT2D eigenvalue weighted by atomic mass is 10.0. The van der Waals surface area contributed by atoms with Crippen LogP contribution in [0.4, 0.5) is 0 Å². The van der Waals surface area contributed by atoms with Crippen molar-refractivity contribution in [3.63, 3.8) is 0 Å². The van der Waals surface area contributed by atoms with Gasteiger partial charge in [0.2, 0.25) is 0 Å². The second-order valence-electron chi connectivity index (χ2n) is 4.27. The third kappa shape index (κ3) is 5.42. The highest BCUT2D eigenvalue weighted by atomic mass is 32.1. The normalized spacial score (nSPS) is 10.5. The lowest BCUT2D eigenvalue weighted by molar-refractivity contribution is -0.148. The van der Waals surface area contributed by atoms with E-state index in [4.69, 9.17) is 4.74 Å². The minimum Gasteiger partial charge on any atom is -0.465 e. The van der Waals surface area contributed by atoms with Gasteiger partial charge in [-0.25, -0.2) is 0 Å². The van der Waals surface area contributed by atoms with Crippen molar-refractivity contribution < 1.29 is 14.3 Å². The van der Waals surface area contributed by atoms with Gasteiger partial charge < -0.3 is 10.1 Å². The maximum absolute atomic E-state index is 11.6. The van der Waals surface area contributed by atoms with Crippen molar-refractivity contribution >= 4 is 23.2 Å². The van der Waals surface area contributed by atoms with Gasteiger partial charge in [-0.05, 0) is 30.7 Å². The molecule has 106 valence electrons. The third-order valence-corrected chi connectivity index (χ3v) is 3.78. The zero-order valence-electron chi connectivity index (χ0n) is 11.5. The molecule has 0 spiro atoms. The monoisotopic (exact) mass is 283 g/mol. The number of hydrogen-bond donors (Lipinski definition) is 1. The molecule has 1 rings (SSSR count). The molecular weight excluding hydrogens is 262 g/mol. The number of ether oxygens (including phenoxy) is 1. The van der Waals surface area contributed by atoms with E-state index in [1.165, 1.54) is 11.3 Å². The van der Waals surface area contributed by atoms with Gasteiger partial charge in [0.1, 0.15) is 0 Å². The van der Waals surface area contributed by atoms with E-state index in [2.05, 4.69) is 5.32 Å². The minimum atomic E-state index is -0.130. The molecule has 1 N–H and O–H groups in total. The molecular formula is C14H21NO3S. The van der Waals surface area contributed by atoms with Crippen LogP contribution in [0, 0.1) is 5.92 Å². The first-order valence-electron chi connectivity index (χ1n) is 6.67. The maximum Gasteiger partial charge on any atom is 0.308 e. The number of nitrogens with one attached hydrogen (secondary N) is 1. The Morgan fingerprint density at radius 1 is 1.37 bits per heavy atom. The Hall–Kier alpha value is -1.36. The van der Waals surface area contributed by atoms with Gasteiger partial charge in [0, 0.05) is 6.54 Å². The highest BCUT2D eigenvalue weighted by molar-refractivity contribution is 7.12. The molecule has 0 aromatic carbocycles. The van der Waals surface area contributed by atoms with Gasteiger partial charge in [0.25, 0.3) is 5.91 Å². The molecule has 1 aromatic rings. The van der Waals surface area contributed by atoms with E-state index >= 15 is 0 Å². The van der Waals surface area contributed by atoms with Gasteiger partial charge in [-0.3, -0.25) is 9.59 Å². The molecule has 0 fully saturated rings. The van der Waals surface area contributed by atoms with Crippen LogP contribution >= 0.6 is 11.3 Å². The molecule has 1 amide bonds. The second-order valence-corrected chi connectivity index (χ2v) is 5.22. The zero-order valence-corrected chi connectivity index (χ0v) is 12.3. The summed E-state index contributed by atoms with van der Waals surface area (Å²) in [6, 6.07) is 3.63. The first kappa shape index (κ1) is 15.7. The van der Waals surface area contributed by atoms with E-state index in [-0.39, 0.29) is 17.8 Å². The van der Waals surface area contributed by atoms with Crippen LogP contribution in [0.5, 0.6) is 0 Å². The molecule has 0 aliphatic rings. The van der Waals surface area contributed by atoms with Crippen molar-refractivity contribution in [3.8, 4) is 0 Å². The fourth-order valence-electron chi connectivity index (χ4n) is 1.68. The lowest BCUT2D eigenvalue weighted by Crippen LogP contribution is -2.25. The van der Waals surface area contributed by atoms with Gasteiger partial charge in [-0.1, -0.05) is 19.9 Å². The van der Waals surface area contributed by atoms with Gasteiger partial charge >= 0.3 is 5.97 Å². The van der Waals surface area contributed by atoms with Crippen LogP contribution in [-0.2, 0) is 9.53 Å². The van der Waals surface area contributed by atoms with Crippen molar-refractivity contribution in [2.24, 2.45) is 5.92 Å². The van der Waals surface area contributed by atoms with Crippen molar-refractivity contribution in [2.45, 2.75) is 33.1 Å². The van der Waals surface area contributed by atoms with Crippen LogP contribution in [0.25, 0.3) is 0 Å². The van der Waals surface area contributed by atoms with Crippen LogP contribution in [0.1, 0.15) is 42.8 Å². The predicted molar refractivity (Wildman–Crippen MR) is 76.3 cm³/mol. The summed E-state index contributed by atoms with van der Waals surface area (Å²) >= 11 is 1.41. The van der Waals surface area contributed by atoms with E-state index < -0.39 is 0 Å². The van der Waals surface area contributed by atoms with E-state index in [9.17, 15) is 9.59 Å². The number of carbonyl (C=O) groups excluding carboxylic acids is 2. The number of thiophene rings is 1. The Labute approximate surface area is 118 Å². The first-order chi connectivity index (χ1) is 9.19. The van der Waals surface area contributed by atoms with E-state index in [0.717, 1.165) is 12.8 Å².